The third-order valence-corrected chi connectivity index (χ3v) is 2.72. The molecule has 1 aromatic carbocycles. The number of rotatable bonds is 2. The molecule has 0 aliphatic carbocycles. The van der Waals surface area contributed by atoms with Gasteiger partial charge in [0, 0.05) is 0 Å². The first kappa shape index (κ1) is 14.8. The topological polar surface area (TPSA) is 37.8 Å². The van der Waals surface area contributed by atoms with Crippen molar-refractivity contribution < 1.29 is 17.6 Å². The van der Waals surface area contributed by atoms with E-state index in [1.165, 1.54) is 0 Å². The van der Waals surface area contributed by atoms with Gasteiger partial charge in [0.1, 0.15) is 10.8 Å². The second-order valence-electron chi connectivity index (χ2n) is 3.65. The number of hydrogen-bond acceptors (Lipinski definition) is 3. The lowest BCUT2D eigenvalue weighted by atomic mass is 10.2. The molecule has 3 nitrogen and oxygen atoms in total. The fourth-order valence-corrected chi connectivity index (χ4v) is 1.63. The number of nitrogens with one attached hydrogen (secondary N) is 1. The summed E-state index contributed by atoms with van der Waals surface area (Å²) in [6, 6.07) is 1.94. The van der Waals surface area contributed by atoms with Crippen LogP contribution in [-0.4, -0.2) is 9.97 Å². The molecule has 0 atom stereocenters. The van der Waals surface area contributed by atoms with E-state index in [1.807, 2.05) is 0 Å². The van der Waals surface area contributed by atoms with Crippen LogP contribution < -0.4 is 5.32 Å². The summed E-state index contributed by atoms with van der Waals surface area (Å²) in [5.74, 6) is -0.978. The molecule has 0 spiro atoms. The molecule has 9 heteroatoms. The van der Waals surface area contributed by atoms with Gasteiger partial charge in [-0.15, -0.1) is 0 Å². The van der Waals surface area contributed by atoms with E-state index in [0.717, 1.165) is 6.20 Å². The van der Waals surface area contributed by atoms with Crippen LogP contribution in [0.2, 0.25) is 10.3 Å². The maximum atomic E-state index is 13.5. The van der Waals surface area contributed by atoms with E-state index in [9.17, 15) is 17.6 Å². The summed E-state index contributed by atoms with van der Waals surface area (Å²) < 4.78 is 51.2. The van der Waals surface area contributed by atoms with Gasteiger partial charge in [-0.05, 0) is 29.8 Å². The number of anilines is 2. The highest BCUT2D eigenvalue weighted by Gasteiger charge is 2.31. The Morgan fingerprint density at radius 3 is 2.50 bits per heavy atom. The minimum Gasteiger partial charge on any atom is -0.336 e. The Morgan fingerprint density at radius 1 is 1.15 bits per heavy atom. The van der Waals surface area contributed by atoms with Gasteiger partial charge in [-0.3, -0.25) is 0 Å². The SMILES string of the molecule is Fc1ccc(C(F)(F)F)cc1Nc1nc(Cl)ncc1Cl. The molecule has 20 heavy (non-hydrogen) atoms. The minimum absolute atomic E-state index is 0.00814. The summed E-state index contributed by atoms with van der Waals surface area (Å²) in [6.07, 6.45) is -3.44. The Balaban J connectivity index is 2.40. The lowest BCUT2D eigenvalue weighted by molar-refractivity contribution is -0.137. The van der Waals surface area contributed by atoms with E-state index in [-0.39, 0.29) is 16.1 Å². The summed E-state index contributed by atoms with van der Waals surface area (Å²) in [4.78, 5) is 7.23. The van der Waals surface area contributed by atoms with Crippen LogP contribution in [0.3, 0.4) is 0 Å². The molecule has 2 rings (SSSR count). The molecule has 0 fully saturated rings. The monoisotopic (exact) mass is 325 g/mol. The zero-order chi connectivity index (χ0) is 14.9. The first-order valence-electron chi connectivity index (χ1n) is 5.09. The molecule has 0 amide bonds. The van der Waals surface area contributed by atoms with Gasteiger partial charge in [0.05, 0.1) is 17.4 Å². The van der Waals surface area contributed by atoms with Crippen LogP contribution in [0.5, 0.6) is 0 Å². The van der Waals surface area contributed by atoms with E-state index >= 15 is 0 Å². The van der Waals surface area contributed by atoms with Gasteiger partial charge in [0.15, 0.2) is 5.82 Å². The Kier molecular flexibility index (Phi) is 4.01. The third-order valence-electron chi connectivity index (χ3n) is 2.26. The highest BCUT2D eigenvalue weighted by molar-refractivity contribution is 6.33. The average molecular weight is 326 g/mol. The standard InChI is InChI=1S/C11H5Cl2F4N3/c12-6-4-18-10(13)20-9(6)19-8-3-5(11(15,16)17)1-2-7(8)14/h1-4H,(H,18,19,20). The van der Waals surface area contributed by atoms with E-state index in [4.69, 9.17) is 23.2 Å². The van der Waals surface area contributed by atoms with Crippen LogP contribution in [0.25, 0.3) is 0 Å². The summed E-state index contributed by atoms with van der Waals surface area (Å²) >= 11 is 11.3. The summed E-state index contributed by atoms with van der Waals surface area (Å²) in [6.45, 7) is 0. The van der Waals surface area contributed by atoms with Crippen molar-refractivity contribution in [2.75, 3.05) is 5.32 Å². The Labute approximate surface area is 120 Å². The van der Waals surface area contributed by atoms with Crippen molar-refractivity contribution in [1.82, 2.24) is 9.97 Å². The van der Waals surface area contributed by atoms with Crippen LogP contribution in [-0.2, 0) is 6.18 Å². The molecule has 0 bridgehead atoms. The van der Waals surface area contributed by atoms with Crippen molar-refractivity contribution in [1.29, 1.82) is 0 Å². The second kappa shape index (κ2) is 5.41. The molecule has 0 radical (unpaired) electrons. The lowest BCUT2D eigenvalue weighted by Crippen LogP contribution is -2.07. The first-order valence-corrected chi connectivity index (χ1v) is 5.85. The average Bonchev–Trinajstić information content (AvgIpc) is 2.35. The molecule has 1 N–H and O–H groups in total. The number of hydrogen-bond donors (Lipinski definition) is 1. The smallest absolute Gasteiger partial charge is 0.336 e. The van der Waals surface area contributed by atoms with Gasteiger partial charge in [0.25, 0.3) is 0 Å². The molecule has 0 unspecified atom stereocenters. The number of alkyl halides is 3. The highest BCUT2D eigenvalue weighted by Crippen LogP contribution is 2.33. The zero-order valence-electron chi connectivity index (χ0n) is 9.47. The van der Waals surface area contributed by atoms with Gasteiger partial charge in [-0.1, -0.05) is 11.6 Å². The van der Waals surface area contributed by atoms with Crippen molar-refractivity contribution in [2.45, 2.75) is 6.18 Å². The normalized spacial score (nSPS) is 11.5. The van der Waals surface area contributed by atoms with Crippen molar-refractivity contribution in [3.63, 3.8) is 0 Å². The minimum atomic E-state index is -4.59. The fourth-order valence-electron chi connectivity index (χ4n) is 1.36. The molecule has 0 aliphatic rings. The van der Waals surface area contributed by atoms with E-state index in [1.54, 1.807) is 0 Å². The van der Waals surface area contributed by atoms with Crippen LogP contribution in [0.15, 0.2) is 24.4 Å². The van der Waals surface area contributed by atoms with Crippen molar-refractivity contribution >= 4 is 34.7 Å². The fraction of sp³-hybridized carbons (Fsp3) is 0.0909. The Morgan fingerprint density at radius 2 is 1.85 bits per heavy atom. The van der Waals surface area contributed by atoms with Crippen LogP contribution in [0.4, 0.5) is 29.1 Å². The largest absolute Gasteiger partial charge is 0.416 e. The molecule has 2 aromatic rings. The Hall–Kier alpha value is -1.60. The molecule has 0 saturated carbocycles. The number of halogens is 6. The molecule has 106 valence electrons. The van der Waals surface area contributed by atoms with Crippen molar-refractivity contribution in [2.24, 2.45) is 0 Å². The van der Waals surface area contributed by atoms with Crippen LogP contribution >= 0.6 is 23.2 Å². The lowest BCUT2D eigenvalue weighted by Gasteiger charge is -2.12. The highest BCUT2D eigenvalue weighted by atomic mass is 35.5. The van der Waals surface area contributed by atoms with Crippen molar-refractivity contribution in [3.05, 3.63) is 46.1 Å². The predicted octanol–water partition coefficient (Wildman–Crippen LogP) is 4.68. The number of benzene rings is 1. The summed E-state index contributed by atoms with van der Waals surface area (Å²) in [7, 11) is 0. The third kappa shape index (κ3) is 3.29. The Bertz CT molecular complexity index is 646. The van der Waals surface area contributed by atoms with Gasteiger partial charge < -0.3 is 5.32 Å². The quantitative estimate of drug-likeness (QED) is 0.643. The van der Waals surface area contributed by atoms with Crippen molar-refractivity contribution in [3.8, 4) is 0 Å². The molecule has 0 aliphatic heterocycles. The van der Waals surface area contributed by atoms with Crippen LogP contribution in [0.1, 0.15) is 5.56 Å². The van der Waals surface area contributed by atoms with Crippen LogP contribution in [0, 0.1) is 5.82 Å². The molecular formula is C11H5Cl2F4N3. The second-order valence-corrected chi connectivity index (χ2v) is 4.40. The van der Waals surface area contributed by atoms with E-state index in [2.05, 4.69) is 15.3 Å². The maximum absolute atomic E-state index is 13.5. The number of aromatic nitrogens is 2. The molecule has 1 heterocycles. The molecular weight excluding hydrogens is 321 g/mol. The van der Waals surface area contributed by atoms with Gasteiger partial charge >= 0.3 is 6.18 Å². The maximum Gasteiger partial charge on any atom is 0.416 e. The zero-order valence-corrected chi connectivity index (χ0v) is 11.0. The van der Waals surface area contributed by atoms with Gasteiger partial charge in [-0.2, -0.15) is 18.2 Å². The molecule has 1 aromatic heterocycles. The van der Waals surface area contributed by atoms with E-state index < -0.39 is 23.2 Å². The van der Waals surface area contributed by atoms with E-state index in [0.29, 0.717) is 18.2 Å². The first-order chi connectivity index (χ1) is 9.27. The number of nitrogens with zero attached hydrogens (tertiary/aromatic N) is 2. The van der Waals surface area contributed by atoms with Gasteiger partial charge in [0.2, 0.25) is 5.28 Å². The summed E-state index contributed by atoms with van der Waals surface area (Å²) in [5, 5.41) is 2.17. The van der Waals surface area contributed by atoms with Gasteiger partial charge in [-0.25, -0.2) is 9.37 Å². The summed E-state index contributed by atoms with van der Waals surface area (Å²) in [5.41, 5.74) is -1.42. The molecule has 0 saturated heterocycles. The predicted molar refractivity (Wildman–Crippen MR) is 66.7 cm³/mol.